The van der Waals surface area contributed by atoms with Gasteiger partial charge in [0.25, 0.3) is 0 Å². The van der Waals surface area contributed by atoms with Crippen molar-refractivity contribution < 1.29 is 5.11 Å². The topological polar surface area (TPSA) is 56.7 Å². The third-order valence-electron chi connectivity index (χ3n) is 2.57. The lowest BCUT2D eigenvalue weighted by molar-refractivity contribution is 0.300. The SMILES string of the molecule is CCNC(=NCC(C)(C)Sc1ccc(Br)cc1)NCCO.I. The number of guanidine groups is 1. The van der Waals surface area contributed by atoms with Crippen LogP contribution in [0.25, 0.3) is 0 Å². The van der Waals surface area contributed by atoms with E-state index in [1.807, 2.05) is 6.92 Å². The third-order valence-corrected chi connectivity index (χ3v) is 4.29. The van der Waals surface area contributed by atoms with E-state index >= 15 is 0 Å². The summed E-state index contributed by atoms with van der Waals surface area (Å²) in [6.45, 7) is 8.48. The highest BCUT2D eigenvalue weighted by molar-refractivity contribution is 14.0. The molecule has 0 aliphatic carbocycles. The van der Waals surface area contributed by atoms with Gasteiger partial charge in [0.05, 0.1) is 13.2 Å². The van der Waals surface area contributed by atoms with Gasteiger partial charge in [-0.1, -0.05) is 15.9 Å². The number of aliphatic imine (C=N–C) groups is 1. The zero-order valence-corrected chi connectivity index (χ0v) is 18.0. The highest BCUT2D eigenvalue weighted by atomic mass is 127. The average molecular weight is 502 g/mol. The van der Waals surface area contributed by atoms with Crippen LogP contribution in [0.1, 0.15) is 20.8 Å². The average Bonchev–Trinajstić information content (AvgIpc) is 2.44. The van der Waals surface area contributed by atoms with Crippen LogP contribution in [0.5, 0.6) is 0 Å². The van der Waals surface area contributed by atoms with Gasteiger partial charge in [-0.05, 0) is 45.0 Å². The van der Waals surface area contributed by atoms with Gasteiger partial charge in [-0.2, -0.15) is 0 Å². The lowest BCUT2D eigenvalue weighted by Crippen LogP contribution is -2.39. The number of hydrogen-bond donors (Lipinski definition) is 3. The summed E-state index contributed by atoms with van der Waals surface area (Å²) < 4.78 is 1.08. The molecule has 0 saturated heterocycles. The van der Waals surface area contributed by atoms with E-state index in [0.717, 1.165) is 17.0 Å². The van der Waals surface area contributed by atoms with Crippen molar-refractivity contribution in [1.82, 2.24) is 10.6 Å². The van der Waals surface area contributed by atoms with Crippen LogP contribution < -0.4 is 10.6 Å². The summed E-state index contributed by atoms with van der Waals surface area (Å²) in [6.07, 6.45) is 0. The molecular formula is C15H25BrIN3OS. The Kier molecular flexibility index (Phi) is 11.5. The van der Waals surface area contributed by atoms with Gasteiger partial charge >= 0.3 is 0 Å². The summed E-state index contributed by atoms with van der Waals surface area (Å²) in [7, 11) is 0. The van der Waals surface area contributed by atoms with Gasteiger partial charge in [0.15, 0.2) is 5.96 Å². The first kappa shape index (κ1) is 22.0. The highest BCUT2D eigenvalue weighted by Gasteiger charge is 2.19. The molecule has 3 N–H and O–H groups in total. The van der Waals surface area contributed by atoms with Crippen molar-refractivity contribution in [2.75, 3.05) is 26.2 Å². The Bertz CT molecular complexity index is 455. The Morgan fingerprint density at radius 2 is 1.91 bits per heavy atom. The number of rotatable bonds is 7. The molecule has 22 heavy (non-hydrogen) atoms. The van der Waals surface area contributed by atoms with Crippen LogP contribution in [0.3, 0.4) is 0 Å². The Labute approximate surface area is 163 Å². The Morgan fingerprint density at radius 1 is 1.27 bits per heavy atom. The van der Waals surface area contributed by atoms with E-state index in [2.05, 4.69) is 69.7 Å². The maximum Gasteiger partial charge on any atom is 0.191 e. The Hall–Kier alpha value is 0.01000. The standard InChI is InChI=1S/C15H24BrN3OS.HI/c1-4-17-14(18-9-10-20)19-11-15(2,3)21-13-7-5-12(16)6-8-13;/h5-8,20H,4,9-11H2,1-3H3,(H2,17,18,19);1H. The van der Waals surface area contributed by atoms with E-state index in [1.165, 1.54) is 4.90 Å². The van der Waals surface area contributed by atoms with Crippen molar-refractivity contribution in [3.05, 3.63) is 28.7 Å². The molecule has 0 aliphatic rings. The molecule has 0 unspecified atom stereocenters. The van der Waals surface area contributed by atoms with Gasteiger partial charge in [-0.15, -0.1) is 35.7 Å². The number of aliphatic hydroxyl groups is 1. The first-order valence-corrected chi connectivity index (χ1v) is 8.65. The zero-order chi connectivity index (χ0) is 15.7. The van der Waals surface area contributed by atoms with E-state index in [0.29, 0.717) is 13.1 Å². The Balaban J connectivity index is 0.00000441. The normalized spacial score (nSPS) is 11.8. The van der Waals surface area contributed by atoms with Crippen molar-refractivity contribution in [2.24, 2.45) is 4.99 Å². The number of aliphatic hydroxyl groups excluding tert-OH is 1. The fraction of sp³-hybridized carbons (Fsp3) is 0.533. The smallest absolute Gasteiger partial charge is 0.191 e. The molecule has 1 aromatic rings. The summed E-state index contributed by atoms with van der Waals surface area (Å²) >= 11 is 5.25. The molecule has 0 heterocycles. The van der Waals surface area contributed by atoms with Crippen molar-refractivity contribution in [2.45, 2.75) is 30.4 Å². The van der Waals surface area contributed by atoms with Crippen LogP contribution in [-0.2, 0) is 0 Å². The molecule has 1 aromatic carbocycles. The number of nitrogens with zero attached hydrogens (tertiary/aromatic N) is 1. The largest absolute Gasteiger partial charge is 0.395 e. The highest BCUT2D eigenvalue weighted by Crippen LogP contribution is 2.33. The molecule has 1 rings (SSSR count). The van der Waals surface area contributed by atoms with Crippen molar-refractivity contribution in [3.63, 3.8) is 0 Å². The van der Waals surface area contributed by atoms with Gasteiger partial charge in [-0.25, -0.2) is 0 Å². The van der Waals surface area contributed by atoms with Crippen LogP contribution in [0.4, 0.5) is 0 Å². The summed E-state index contributed by atoms with van der Waals surface area (Å²) in [6, 6.07) is 8.31. The van der Waals surface area contributed by atoms with Crippen LogP contribution >= 0.6 is 51.7 Å². The van der Waals surface area contributed by atoms with Crippen molar-refractivity contribution >= 4 is 57.6 Å². The zero-order valence-electron chi connectivity index (χ0n) is 13.2. The summed E-state index contributed by atoms with van der Waals surface area (Å²) in [5.41, 5.74) is 0. The van der Waals surface area contributed by atoms with Gasteiger partial charge in [0, 0.05) is 27.2 Å². The van der Waals surface area contributed by atoms with Gasteiger partial charge < -0.3 is 15.7 Å². The molecule has 0 bridgehead atoms. The molecule has 0 aromatic heterocycles. The fourth-order valence-electron chi connectivity index (χ4n) is 1.64. The molecule has 0 saturated carbocycles. The first-order valence-electron chi connectivity index (χ1n) is 7.04. The first-order chi connectivity index (χ1) is 9.96. The summed E-state index contributed by atoms with van der Waals surface area (Å²) in [4.78, 5) is 5.82. The number of halogens is 2. The number of benzene rings is 1. The van der Waals surface area contributed by atoms with Crippen molar-refractivity contribution in [3.8, 4) is 0 Å². The fourth-order valence-corrected chi connectivity index (χ4v) is 2.94. The second-order valence-corrected chi connectivity index (χ2v) is 7.86. The maximum absolute atomic E-state index is 8.88. The van der Waals surface area contributed by atoms with Crippen LogP contribution in [0.2, 0.25) is 0 Å². The molecule has 4 nitrogen and oxygen atoms in total. The number of hydrogen-bond acceptors (Lipinski definition) is 3. The molecule has 0 aliphatic heterocycles. The minimum Gasteiger partial charge on any atom is -0.395 e. The van der Waals surface area contributed by atoms with Crippen LogP contribution in [-0.4, -0.2) is 42.1 Å². The lowest BCUT2D eigenvalue weighted by Gasteiger charge is -2.22. The van der Waals surface area contributed by atoms with Crippen molar-refractivity contribution in [1.29, 1.82) is 0 Å². The number of thioether (sulfide) groups is 1. The molecule has 0 amide bonds. The minimum atomic E-state index is -0.00457. The molecule has 0 radical (unpaired) electrons. The lowest BCUT2D eigenvalue weighted by atomic mass is 10.2. The quantitative estimate of drug-likeness (QED) is 0.232. The molecule has 0 atom stereocenters. The molecule has 0 spiro atoms. The van der Waals surface area contributed by atoms with Gasteiger partial charge in [-0.3, -0.25) is 4.99 Å². The minimum absolute atomic E-state index is 0. The van der Waals surface area contributed by atoms with Crippen LogP contribution in [0.15, 0.2) is 38.6 Å². The Morgan fingerprint density at radius 3 is 2.45 bits per heavy atom. The summed E-state index contributed by atoms with van der Waals surface area (Å²) in [5.74, 6) is 0.746. The predicted molar refractivity (Wildman–Crippen MR) is 111 cm³/mol. The van der Waals surface area contributed by atoms with Gasteiger partial charge in [0.2, 0.25) is 0 Å². The molecular weight excluding hydrogens is 477 g/mol. The predicted octanol–water partition coefficient (Wildman–Crippen LogP) is 3.49. The van der Waals surface area contributed by atoms with E-state index in [4.69, 9.17) is 5.11 Å². The van der Waals surface area contributed by atoms with E-state index < -0.39 is 0 Å². The van der Waals surface area contributed by atoms with E-state index in [-0.39, 0.29) is 35.3 Å². The second-order valence-electron chi connectivity index (χ2n) is 5.16. The maximum atomic E-state index is 8.88. The molecule has 126 valence electrons. The monoisotopic (exact) mass is 501 g/mol. The van der Waals surface area contributed by atoms with Crippen LogP contribution in [0, 0.1) is 0 Å². The molecule has 7 heteroatoms. The van der Waals surface area contributed by atoms with E-state index in [9.17, 15) is 0 Å². The second kappa shape index (κ2) is 11.5. The van der Waals surface area contributed by atoms with Gasteiger partial charge in [0.1, 0.15) is 0 Å². The molecule has 0 fully saturated rings. The third kappa shape index (κ3) is 9.22. The summed E-state index contributed by atoms with van der Waals surface area (Å²) in [5, 5.41) is 15.1. The number of nitrogens with one attached hydrogen (secondary N) is 2. The van der Waals surface area contributed by atoms with E-state index in [1.54, 1.807) is 11.8 Å².